The van der Waals surface area contributed by atoms with E-state index in [4.69, 9.17) is 13.8 Å². The largest absolute Gasteiger partial charge is 0.305 e. The summed E-state index contributed by atoms with van der Waals surface area (Å²) in [6, 6.07) is 46.1. The SMILES string of the molecule is CC1(C)c2ccccc2-c2ccc3c(oc4c(-c5cc6oc7[c]([Ge]([CH3])([CH3])[CH3])cccc7c6cn5)[c-]ccc43)c21.[Ir].[c-]1ccccc1-c1ccccn1. The number of pyridine rings is 2. The maximum atomic E-state index is 6.79. The molecule has 0 bridgehead atoms. The Morgan fingerprint density at radius 2 is 1.40 bits per heavy atom. The van der Waals surface area contributed by atoms with Crippen LogP contribution in [0.3, 0.4) is 0 Å². The van der Waals surface area contributed by atoms with E-state index in [0.717, 1.165) is 66.4 Å². The topological polar surface area (TPSA) is 52.1 Å². The van der Waals surface area contributed by atoms with Crippen LogP contribution in [0.2, 0.25) is 17.3 Å². The molecule has 1 aliphatic carbocycles. The Morgan fingerprint density at radius 3 is 2.19 bits per heavy atom. The molecule has 0 atom stereocenters. The smallest absolute Gasteiger partial charge is 0.0160 e. The van der Waals surface area contributed by atoms with Gasteiger partial charge in [0.25, 0.3) is 0 Å². The fraction of sp³-hybridized carbons (Fsp3) is 0.130. The van der Waals surface area contributed by atoms with Crippen molar-refractivity contribution >= 4 is 61.5 Å². The van der Waals surface area contributed by atoms with Crippen molar-refractivity contribution in [3.05, 3.63) is 151 Å². The number of benzene rings is 5. The zero-order chi connectivity index (χ0) is 34.9. The molecular weight excluding hydrogens is 877 g/mol. The Balaban J connectivity index is 0.000000253. The number of fused-ring (bicyclic) bond motifs is 10. The van der Waals surface area contributed by atoms with Gasteiger partial charge in [0.15, 0.2) is 0 Å². The second kappa shape index (κ2) is 13.0. The predicted molar refractivity (Wildman–Crippen MR) is 212 cm³/mol. The van der Waals surface area contributed by atoms with Gasteiger partial charge in [-0.05, 0) is 22.9 Å². The van der Waals surface area contributed by atoms with E-state index in [1.807, 2.05) is 54.7 Å². The first kappa shape index (κ1) is 34.3. The third-order valence-electron chi connectivity index (χ3n) is 10.2. The van der Waals surface area contributed by atoms with Crippen molar-refractivity contribution in [2.24, 2.45) is 0 Å². The van der Waals surface area contributed by atoms with Crippen LogP contribution in [-0.4, -0.2) is 23.2 Å². The van der Waals surface area contributed by atoms with Crippen LogP contribution < -0.4 is 4.40 Å². The summed E-state index contributed by atoms with van der Waals surface area (Å²) in [4.78, 5) is 9.13. The average molecular weight is 914 g/mol. The Kier molecular flexibility index (Phi) is 8.57. The van der Waals surface area contributed by atoms with Gasteiger partial charge in [-0.3, -0.25) is 0 Å². The van der Waals surface area contributed by atoms with Crippen molar-refractivity contribution < 1.29 is 28.9 Å². The molecule has 0 N–H and O–H groups in total. The van der Waals surface area contributed by atoms with Gasteiger partial charge in [-0.25, -0.2) is 0 Å². The van der Waals surface area contributed by atoms with Gasteiger partial charge >= 0.3 is 181 Å². The summed E-state index contributed by atoms with van der Waals surface area (Å²) < 4.78 is 14.7. The van der Waals surface area contributed by atoms with Crippen molar-refractivity contribution in [3.8, 4) is 33.6 Å². The normalized spacial score (nSPS) is 13.1. The van der Waals surface area contributed by atoms with E-state index in [0.29, 0.717) is 0 Å². The molecule has 257 valence electrons. The summed E-state index contributed by atoms with van der Waals surface area (Å²) >= 11 is -2.12. The standard InChI is InChI=1S/C35H28GeNO2.C11H8N.Ir/c1-35(2)27-14-7-6-10-20(27)21-16-17-24-22-11-8-13-25(32(22)39-34(24)31(21)35)29-18-30-26(19-37-29)23-12-9-15-28(33(23)38-30)36(3,4)5;1-2-6-10(7-3-1)11-8-4-5-9-12-11;/h6-12,14-19H,1-5H3;1-6,8-9H;/q2*-1;. The summed E-state index contributed by atoms with van der Waals surface area (Å²) in [5.74, 6) is 7.21. The molecule has 5 aromatic carbocycles. The van der Waals surface area contributed by atoms with Crippen molar-refractivity contribution in [1.82, 2.24) is 9.97 Å². The number of aromatic nitrogens is 2. The number of hydrogen-bond acceptors (Lipinski definition) is 4. The fourth-order valence-corrected chi connectivity index (χ4v) is 10.8. The van der Waals surface area contributed by atoms with E-state index in [1.54, 1.807) is 6.20 Å². The molecule has 0 saturated carbocycles. The Hall–Kier alpha value is -4.81. The first-order chi connectivity index (χ1) is 24.7. The van der Waals surface area contributed by atoms with Crippen LogP contribution in [0.5, 0.6) is 0 Å². The first-order valence-corrected chi connectivity index (χ1v) is 24.7. The van der Waals surface area contributed by atoms with E-state index < -0.39 is 13.3 Å². The van der Waals surface area contributed by atoms with Crippen molar-refractivity contribution in [2.75, 3.05) is 0 Å². The van der Waals surface area contributed by atoms with Gasteiger partial charge in [-0.15, -0.1) is 35.9 Å². The van der Waals surface area contributed by atoms with Crippen LogP contribution in [0, 0.1) is 12.1 Å². The number of hydrogen-bond donors (Lipinski definition) is 0. The van der Waals surface area contributed by atoms with Gasteiger partial charge in [-0.2, -0.15) is 0 Å². The molecule has 0 aliphatic heterocycles. The molecule has 1 aliphatic rings. The quantitative estimate of drug-likeness (QED) is 0.131. The molecule has 4 nitrogen and oxygen atoms in total. The summed E-state index contributed by atoms with van der Waals surface area (Å²) in [5, 5.41) is 4.41. The van der Waals surface area contributed by atoms with Gasteiger partial charge in [0.2, 0.25) is 0 Å². The Morgan fingerprint density at radius 1 is 0.615 bits per heavy atom. The minimum Gasteiger partial charge on any atom is -0.305 e. The molecule has 4 aromatic heterocycles. The first-order valence-electron chi connectivity index (χ1n) is 17.4. The van der Waals surface area contributed by atoms with E-state index in [-0.39, 0.29) is 25.5 Å². The maximum absolute atomic E-state index is 6.79. The molecule has 0 unspecified atom stereocenters. The zero-order valence-electron chi connectivity index (χ0n) is 29.7. The average Bonchev–Trinajstić information content (AvgIpc) is 3.79. The summed E-state index contributed by atoms with van der Waals surface area (Å²) in [5.41, 5.74) is 12.3. The van der Waals surface area contributed by atoms with Crippen LogP contribution in [-0.2, 0) is 25.5 Å². The van der Waals surface area contributed by atoms with Crippen LogP contribution >= 0.6 is 0 Å². The Bertz CT molecular complexity index is 2720. The van der Waals surface area contributed by atoms with Crippen LogP contribution in [0.25, 0.3) is 77.5 Å². The second-order valence-electron chi connectivity index (χ2n) is 14.8. The predicted octanol–water partition coefficient (Wildman–Crippen LogP) is 11.7. The van der Waals surface area contributed by atoms with Gasteiger partial charge in [0.05, 0.1) is 0 Å². The van der Waals surface area contributed by atoms with Crippen molar-refractivity contribution in [3.63, 3.8) is 0 Å². The fourth-order valence-electron chi connectivity index (χ4n) is 7.73. The van der Waals surface area contributed by atoms with E-state index >= 15 is 0 Å². The van der Waals surface area contributed by atoms with E-state index in [1.165, 1.54) is 26.6 Å². The van der Waals surface area contributed by atoms with Crippen LogP contribution in [0.15, 0.2) is 136 Å². The molecule has 0 spiro atoms. The minimum atomic E-state index is -2.12. The molecule has 6 heteroatoms. The number of para-hydroxylation sites is 1. The van der Waals surface area contributed by atoms with Crippen LogP contribution in [0.1, 0.15) is 25.0 Å². The third-order valence-corrected chi connectivity index (χ3v) is 14.4. The molecular formula is C46H36GeIrN2O2-2. The maximum Gasteiger partial charge on any atom is 0.0160 e. The van der Waals surface area contributed by atoms with Crippen molar-refractivity contribution in [1.29, 1.82) is 0 Å². The molecule has 1 radical (unpaired) electrons. The van der Waals surface area contributed by atoms with E-state index in [2.05, 4.69) is 115 Å². The molecule has 0 amide bonds. The number of nitrogens with zero attached hydrogens (tertiary/aromatic N) is 2. The molecule has 52 heavy (non-hydrogen) atoms. The summed E-state index contributed by atoms with van der Waals surface area (Å²) in [7, 11) is 0. The monoisotopic (exact) mass is 915 g/mol. The summed E-state index contributed by atoms with van der Waals surface area (Å²) in [6.07, 6.45) is 3.74. The zero-order valence-corrected chi connectivity index (χ0v) is 34.2. The van der Waals surface area contributed by atoms with Gasteiger partial charge in [-0.1, -0.05) is 50.2 Å². The molecule has 10 rings (SSSR count). The minimum absolute atomic E-state index is 0. The van der Waals surface area contributed by atoms with E-state index in [9.17, 15) is 0 Å². The molecule has 4 heterocycles. The third kappa shape index (κ3) is 5.54. The molecule has 0 saturated heterocycles. The van der Waals surface area contributed by atoms with Crippen LogP contribution in [0.4, 0.5) is 0 Å². The Labute approximate surface area is 319 Å². The summed E-state index contributed by atoms with van der Waals surface area (Å²) in [6.45, 7) is 4.59. The van der Waals surface area contributed by atoms with Crippen molar-refractivity contribution in [2.45, 2.75) is 36.5 Å². The van der Waals surface area contributed by atoms with Gasteiger partial charge in [0, 0.05) is 26.3 Å². The number of furan rings is 2. The second-order valence-corrected chi connectivity index (χ2v) is 25.4. The molecule has 9 aromatic rings. The number of rotatable bonds is 3. The van der Waals surface area contributed by atoms with Gasteiger partial charge in [0.1, 0.15) is 0 Å². The van der Waals surface area contributed by atoms with Gasteiger partial charge < -0.3 is 4.98 Å². The molecule has 0 fully saturated rings.